The summed E-state index contributed by atoms with van der Waals surface area (Å²) < 4.78 is 0. The number of hydrogen-bond acceptors (Lipinski definition) is 3. The first-order valence-electron chi connectivity index (χ1n) is 6.09. The molecule has 0 unspecified atom stereocenters. The van der Waals surface area contributed by atoms with Crippen molar-refractivity contribution in [1.29, 1.82) is 5.26 Å². The summed E-state index contributed by atoms with van der Waals surface area (Å²) in [6.07, 6.45) is 0.217. The zero-order valence-electron chi connectivity index (χ0n) is 10.4. The van der Waals surface area contributed by atoms with Crippen LogP contribution in [0.3, 0.4) is 0 Å². The minimum absolute atomic E-state index is 0.217. The lowest BCUT2D eigenvalue weighted by Crippen LogP contribution is -2.62. The lowest BCUT2D eigenvalue weighted by molar-refractivity contribution is -0.0949. The Morgan fingerprint density at radius 2 is 2.28 bits per heavy atom. The molecule has 2 rings (SSSR count). The summed E-state index contributed by atoms with van der Waals surface area (Å²) in [6, 6.07) is 9.90. The molecule has 3 nitrogen and oxygen atoms in total. The van der Waals surface area contributed by atoms with Crippen molar-refractivity contribution in [3.8, 4) is 6.07 Å². The molecule has 0 spiro atoms. The van der Waals surface area contributed by atoms with Crippen molar-refractivity contribution < 1.29 is 5.11 Å². The monoisotopic (exact) mass is 264 g/mol. The molecule has 96 valence electrons. The van der Waals surface area contributed by atoms with Crippen LogP contribution in [0.1, 0.15) is 24.8 Å². The SMILES string of the molecule is C[C@H](CN1CC(O)(CC#N)C1)c1cccc(Cl)c1. The van der Waals surface area contributed by atoms with Gasteiger partial charge >= 0.3 is 0 Å². The summed E-state index contributed by atoms with van der Waals surface area (Å²) >= 11 is 5.97. The molecule has 1 N–H and O–H groups in total. The highest BCUT2D eigenvalue weighted by atomic mass is 35.5. The van der Waals surface area contributed by atoms with Crippen LogP contribution in [-0.4, -0.2) is 35.2 Å². The molecule has 1 fully saturated rings. The van der Waals surface area contributed by atoms with Gasteiger partial charge in [-0.25, -0.2) is 0 Å². The first kappa shape index (κ1) is 13.4. The van der Waals surface area contributed by atoms with Gasteiger partial charge in [-0.2, -0.15) is 5.26 Å². The molecule has 0 aromatic heterocycles. The molecule has 4 heteroatoms. The lowest BCUT2D eigenvalue weighted by Gasteiger charge is -2.46. The van der Waals surface area contributed by atoms with Crippen molar-refractivity contribution in [3.05, 3.63) is 34.9 Å². The zero-order valence-corrected chi connectivity index (χ0v) is 11.2. The van der Waals surface area contributed by atoms with Gasteiger partial charge in [0.1, 0.15) is 5.60 Å². The van der Waals surface area contributed by atoms with E-state index in [1.807, 2.05) is 24.3 Å². The van der Waals surface area contributed by atoms with Crippen LogP contribution < -0.4 is 0 Å². The Balaban J connectivity index is 1.87. The van der Waals surface area contributed by atoms with Gasteiger partial charge in [0.05, 0.1) is 12.5 Å². The molecule has 1 saturated heterocycles. The fourth-order valence-corrected chi connectivity index (χ4v) is 2.68. The molecular formula is C14H17ClN2O. The number of nitriles is 1. The minimum Gasteiger partial charge on any atom is -0.386 e. The summed E-state index contributed by atoms with van der Waals surface area (Å²) in [5.41, 5.74) is 0.418. The Hall–Kier alpha value is -1.08. The normalized spacial score (nSPS) is 19.9. The first-order valence-corrected chi connectivity index (χ1v) is 6.47. The van der Waals surface area contributed by atoms with Gasteiger partial charge in [-0.15, -0.1) is 0 Å². The Morgan fingerprint density at radius 1 is 1.56 bits per heavy atom. The number of aliphatic hydroxyl groups is 1. The van der Waals surface area contributed by atoms with Crippen molar-refractivity contribution in [2.45, 2.75) is 24.9 Å². The molecule has 1 aromatic rings. The van der Waals surface area contributed by atoms with E-state index in [9.17, 15) is 5.11 Å². The van der Waals surface area contributed by atoms with Crippen molar-refractivity contribution in [2.24, 2.45) is 0 Å². The molecule has 1 atom stereocenters. The zero-order chi connectivity index (χ0) is 13.2. The van der Waals surface area contributed by atoms with E-state index < -0.39 is 5.60 Å². The van der Waals surface area contributed by atoms with Gasteiger partial charge in [0.25, 0.3) is 0 Å². The molecule has 1 aliphatic rings. The van der Waals surface area contributed by atoms with Crippen molar-refractivity contribution >= 4 is 11.6 Å². The fourth-order valence-electron chi connectivity index (χ4n) is 2.48. The Bertz CT molecular complexity index is 463. The van der Waals surface area contributed by atoms with Crippen LogP contribution in [0.15, 0.2) is 24.3 Å². The van der Waals surface area contributed by atoms with Gasteiger partial charge in [-0.3, -0.25) is 4.90 Å². The van der Waals surface area contributed by atoms with Crippen molar-refractivity contribution in [2.75, 3.05) is 19.6 Å². The van der Waals surface area contributed by atoms with E-state index in [1.54, 1.807) is 0 Å². The quantitative estimate of drug-likeness (QED) is 0.908. The summed E-state index contributed by atoms with van der Waals surface area (Å²) in [5, 5.41) is 19.3. The number of halogens is 1. The maximum absolute atomic E-state index is 9.92. The van der Waals surface area contributed by atoms with Crippen LogP contribution in [0.2, 0.25) is 5.02 Å². The van der Waals surface area contributed by atoms with E-state index in [-0.39, 0.29) is 6.42 Å². The third-order valence-corrected chi connectivity index (χ3v) is 3.63. The van der Waals surface area contributed by atoms with Crippen LogP contribution >= 0.6 is 11.6 Å². The van der Waals surface area contributed by atoms with E-state index in [0.717, 1.165) is 11.6 Å². The van der Waals surface area contributed by atoms with Crippen LogP contribution in [0.25, 0.3) is 0 Å². The molecule has 0 aliphatic carbocycles. The molecular weight excluding hydrogens is 248 g/mol. The third kappa shape index (κ3) is 3.02. The van der Waals surface area contributed by atoms with Gasteiger partial charge in [0.15, 0.2) is 0 Å². The highest BCUT2D eigenvalue weighted by Crippen LogP contribution is 2.28. The summed E-state index contributed by atoms with van der Waals surface area (Å²) in [6.45, 7) is 4.21. The molecule has 1 aromatic carbocycles. The molecule has 18 heavy (non-hydrogen) atoms. The number of β-amino-alcohol motifs (C(OH)–C–C–N with tert-alkyl or cyclic N) is 1. The summed E-state index contributed by atoms with van der Waals surface area (Å²) in [5.74, 6) is 0.371. The number of hydrogen-bond donors (Lipinski definition) is 1. The van der Waals surface area contributed by atoms with Gasteiger partial charge in [0.2, 0.25) is 0 Å². The van der Waals surface area contributed by atoms with Gasteiger partial charge < -0.3 is 5.11 Å². The van der Waals surface area contributed by atoms with Crippen LogP contribution in [0, 0.1) is 11.3 Å². The second-order valence-corrected chi connectivity index (χ2v) is 5.62. The fraction of sp³-hybridized carbons (Fsp3) is 0.500. The number of nitrogens with zero attached hydrogens (tertiary/aromatic N) is 2. The summed E-state index contributed by atoms with van der Waals surface area (Å²) in [7, 11) is 0. The van der Waals surface area contributed by atoms with Gasteiger partial charge in [-0.1, -0.05) is 30.7 Å². The van der Waals surface area contributed by atoms with E-state index in [2.05, 4.69) is 17.9 Å². The summed E-state index contributed by atoms with van der Waals surface area (Å²) in [4.78, 5) is 2.17. The largest absolute Gasteiger partial charge is 0.386 e. The molecule has 0 amide bonds. The molecule has 0 bridgehead atoms. The number of benzene rings is 1. The maximum atomic E-state index is 9.92. The van der Waals surface area contributed by atoms with E-state index in [4.69, 9.17) is 16.9 Å². The first-order chi connectivity index (χ1) is 8.52. The molecule has 0 radical (unpaired) electrons. The lowest BCUT2D eigenvalue weighted by atomic mass is 9.89. The van der Waals surface area contributed by atoms with E-state index in [0.29, 0.717) is 19.0 Å². The smallest absolute Gasteiger partial charge is 0.103 e. The standard InChI is InChI=1S/C14H17ClN2O/c1-11(12-3-2-4-13(15)7-12)8-17-9-14(18,10-17)5-6-16/h2-4,7,11,18H,5,8-10H2,1H3/t11-/m1/s1. The Labute approximate surface area is 113 Å². The Morgan fingerprint density at radius 3 is 2.89 bits per heavy atom. The highest BCUT2D eigenvalue weighted by Gasteiger charge is 2.41. The van der Waals surface area contributed by atoms with Crippen LogP contribution in [0.4, 0.5) is 0 Å². The van der Waals surface area contributed by atoms with Gasteiger partial charge in [0, 0.05) is 24.7 Å². The predicted molar refractivity (Wildman–Crippen MR) is 71.5 cm³/mol. The minimum atomic E-state index is -0.789. The van der Waals surface area contributed by atoms with E-state index >= 15 is 0 Å². The second kappa shape index (κ2) is 5.27. The van der Waals surface area contributed by atoms with Crippen molar-refractivity contribution in [3.63, 3.8) is 0 Å². The molecule has 1 aliphatic heterocycles. The van der Waals surface area contributed by atoms with E-state index in [1.165, 1.54) is 5.56 Å². The van der Waals surface area contributed by atoms with Crippen LogP contribution in [0.5, 0.6) is 0 Å². The topological polar surface area (TPSA) is 47.3 Å². The second-order valence-electron chi connectivity index (χ2n) is 5.18. The van der Waals surface area contributed by atoms with Gasteiger partial charge in [-0.05, 0) is 23.6 Å². The number of likely N-dealkylation sites (tertiary alicyclic amines) is 1. The Kier molecular flexibility index (Phi) is 3.91. The molecule has 0 saturated carbocycles. The van der Waals surface area contributed by atoms with Crippen LogP contribution in [-0.2, 0) is 0 Å². The average molecular weight is 265 g/mol. The predicted octanol–water partition coefficient (Wildman–Crippen LogP) is 2.40. The molecule has 1 heterocycles. The maximum Gasteiger partial charge on any atom is 0.103 e. The average Bonchev–Trinajstić information content (AvgIpc) is 2.27. The third-order valence-electron chi connectivity index (χ3n) is 3.39. The number of rotatable bonds is 4. The highest BCUT2D eigenvalue weighted by molar-refractivity contribution is 6.30. The van der Waals surface area contributed by atoms with Crippen molar-refractivity contribution in [1.82, 2.24) is 4.90 Å².